The lowest BCUT2D eigenvalue weighted by Crippen LogP contribution is -2.25. The molecule has 2 rings (SSSR count). The van der Waals surface area contributed by atoms with Crippen LogP contribution in [-0.4, -0.2) is 16.6 Å². The van der Waals surface area contributed by atoms with Crippen molar-refractivity contribution >= 4 is 0 Å². The molecule has 0 spiro atoms. The van der Waals surface area contributed by atoms with E-state index in [0.717, 1.165) is 18.1 Å². The van der Waals surface area contributed by atoms with Gasteiger partial charge in [-0.05, 0) is 45.2 Å². The van der Waals surface area contributed by atoms with Crippen molar-refractivity contribution in [1.29, 1.82) is 0 Å². The Hall–Kier alpha value is -1.09. The van der Waals surface area contributed by atoms with Gasteiger partial charge in [-0.1, -0.05) is 20.8 Å². The fraction of sp³-hybridized carbons (Fsp3) is 0.706. The first-order valence-corrected chi connectivity index (χ1v) is 7.57. The Labute approximate surface area is 123 Å². The molecule has 3 heteroatoms. The zero-order chi connectivity index (χ0) is 15.0. The van der Waals surface area contributed by atoms with Crippen molar-refractivity contribution in [2.24, 2.45) is 0 Å². The molecule has 3 nitrogen and oxygen atoms in total. The number of rotatable bonds is 4. The van der Waals surface area contributed by atoms with Gasteiger partial charge < -0.3 is 10.1 Å². The summed E-state index contributed by atoms with van der Waals surface area (Å²) in [5, 5.41) is 3.56. The smallest absolute Gasteiger partial charge is 0.214 e. The van der Waals surface area contributed by atoms with Crippen LogP contribution in [0.1, 0.15) is 65.6 Å². The summed E-state index contributed by atoms with van der Waals surface area (Å²) < 4.78 is 5.96. The van der Waals surface area contributed by atoms with Crippen LogP contribution in [-0.2, 0) is 12.0 Å². The van der Waals surface area contributed by atoms with E-state index in [-0.39, 0.29) is 11.0 Å². The summed E-state index contributed by atoms with van der Waals surface area (Å²) in [5.41, 5.74) is 2.17. The highest BCUT2D eigenvalue weighted by Crippen LogP contribution is 2.27. The zero-order valence-electron chi connectivity index (χ0n) is 13.7. The highest BCUT2D eigenvalue weighted by molar-refractivity contribution is 5.29. The van der Waals surface area contributed by atoms with Gasteiger partial charge in [0.15, 0.2) is 0 Å². The van der Waals surface area contributed by atoms with Crippen LogP contribution in [0.5, 0.6) is 5.88 Å². The van der Waals surface area contributed by atoms with Crippen LogP contribution in [0.4, 0.5) is 0 Å². The minimum absolute atomic E-state index is 0.0333. The molecule has 20 heavy (non-hydrogen) atoms. The van der Waals surface area contributed by atoms with Crippen LogP contribution < -0.4 is 10.1 Å². The molecule has 1 aromatic heterocycles. The Balaban J connectivity index is 2.22. The summed E-state index contributed by atoms with van der Waals surface area (Å²) in [6.45, 7) is 13.6. The molecule has 1 fully saturated rings. The minimum atomic E-state index is -0.218. The van der Waals surface area contributed by atoms with Crippen molar-refractivity contribution in [2.45, 2.75) is 78.0 Å². The predicted molar refractivity (Wildman–Crippen MR) is 83.2 cm³/mol. The number of nitrogens with one attached hydrogen (secondary N) is 1. The first-order chi connectivity index (χ1) is 9.13. The Bertz CT molecular complexity index is 465. The van der Waals surface area contributed by atoms with E-state index in [9.17, 15) is 0 Å². The van der Waals surface area contributed by atoms with Gasteiger partial charge in [-0.25, -0.2) is 4.98 Å². The molecular weight excluding hydrogens is 248 g/mol. The summed E-state index contributed by atoms with van der Waals surface area (Å²) in [6.07, 6.45) is 2.62. The summed E-state index contributed by atoms with van der Waals surface area (Å²) in [4.78, 5) is 4.68. The van der Waals surface area contributed by atoms with Crippen LogP contribution in [0.3, 0.4) is 0 Å². The molecule has 1 aliphatic carbocycles. The van der Waals surface area contributed by atoms with Gasteiger partial charge in [0.2, 0.25) is 5.88 Å². The van der Waals surface area contributed by atoms with Gasteiger partial charge in [-0.15, -0.1) is 0 Å². The summed E-state index contributed by atoms with van der Waals surface area (Å²) >= 11 is 0. The lowest BCUT2D eigenvalue weighted by molar-refractivity contribution is 0.123. The fourth-order valence-electron chi connectivity index (χ4n) is 1.96. The average Bonchev–Trinajstić information content (AvgIpc) is 3.06. The van der Waals surface area contributed by atoms with E-state index < -0.39 is 0 Å². The molecule has 0 saturated heterocycles. The number of nitrogens with zero attached hydrogens (tertiary/aromatic N) is 1. The summed E-state index contributed by atoms with van der Waals surface area (Å²) in [6, 6.07) is 4.98. The minimum Gasteiger partial charge on any atom is -0.472 e. The van der Waals surface area contributed by atoms with E-state index in [4.69, 9.17) is 4.74 Å². The summed E-state index contributed by atoms with van der Waals surface area (Å²) in [5.74, 6) is 0.734. The Morgan fingerprint density at radius 3 is 2.30 bits per heavy atom. The van der Waals surface area contributed by atoms with Gasteiger partial charge in [0, 0.05) is 24.1 Å². The van der Waals surface area contributed by atoms with E-state index in [1.165, 1.54) is 18.4 Å². The highest BCUT2D eigenvalue weighted by Gasteiger charge is 2.22. The molecule has 1 aliphatic rings. The van der Waals surface area contributed by atoms with Crippen molar-refractivity contribution < 1.29 is 4.74 Å². The lowest BCUT2D eigenvalue weighted by Gasteiger charge is -2.24. The van der Waals surface area contributed by atoms with Crippen molar-refractivity contribution in [3.63, 3.8) is 0 Å². The standard InChI is InChI=1S/C17H28N2O/c1-16(2,3)14-9-12(11-18-13-7-8-13)10-15(19-14)20-17(4,5)6/h9-10,13,18H,7-8,11H2,1-6H3. The van der Waals surface area contributed by atoms with E-state index in [0.29, 0.717) is 6.04 Å². The molecule has 0 radical (unpaired) electrons. The van der Waals surface area contributed by atoms with Crippen LogP contribution in [0.25, 0.3) is 0 Å². The molecule has 112 valence electrons. The quantitative estimate of drug-likeness (QED) is 0.908. The largest absolute Gasteiger partial charge is 0.472 e. The van der Waals surface area contributed by atoms with Gasteiger partial charge in [0.25, 0.3) is 0 Å². The van der Waals surface area contributed by atoms with Crippen LogP contribution >= 0.6 is 0 Å². The topological polar surface area (TPSA) is 34.1 Å². The van der Waals surface area contributed by atoms with E-state index in [2.05, 4.69) is 64.0 Å². The highest BCUT2D eigenvalue weighted by atomic mass is 16.5. The third-order valence-electron chi connectivity index (χ3n) is 3.21. The first-order valence-electron chi connectivity index (χ1n) is 7.57. The molecule has 0 aromatic carbocycles. The second-order valence-electron chi connectivity index (χ2n) is 7.82. The molecule has 0 bridgehead atoms. The van der Waals surface area contributed by atoms with Crippen molar-refractivity contribution in [1.82, 2.24) is 10.3 Å². The Morgan fingerprint density at radius 1 is 1.15 bits per heavy atom. The monoisotopic (exact) mass is 276 g/mol. The maximum atomic E-state index is 5.96. The predicted octanol–water partition coefficient (Wildman–Crippen LogP) is 3.81. The van der Waals surface area contributed by atoms with Gasteiger partial charge in [0.1, 0.15) is 5.60 Å². The molecule has 1 heterocycles. The van der Waals surface area contributed by atoms with Crippen LogP contribution in [0.15, 0.2) is 12.1 Å². The maximum Gasteiger partial charge on any atom is 0.214 e. The summed E-state index contributed by atoms with van der Waals surface area (Å²) in [7, 11) is 0. The SMILES string of the molecule is CC(C)(C)Oc1cc(CNC2CC2)cc(C(C)(C)C)n1. The number of aromatic nitrogens is 1. The normalized spacial score (nSPS) is 16.3. The van der Waals surface area contributed by atoms with Crippen LogP contribution in [0.2, 0.25) is 0 Å². The van der Waals surface area contributed by atoms with Crippen LogP contribution in [0, 0.1) is 0 Å². The Morgan fingerprint density at radius 2 is 1.80 bits per heavy atom. The number of hydrogen-bond donors (Lipinski definition) is 1. The van der Waals surface area contributed by atoms with Crippen molar-refractivity contribution in [3.05, 3.63) is 23.4 Å². The third-order valence-corrected chi connectivity index (χ3v) is 3.21. The van der Waals surface area contributed by atoms with E-state index >= 15 is 0 Å². The van der Waals surface area contributed by atoms with Crippen molar-refractivity contribution in [2.75, 3.05) is 0 Å². The second-order valence-corrected chi connectivity index (χ2v) is 7.82. The van der Waals surface area contributed by atoms with Gasteiger partial charge in [-0.3, -0.25) is 0 Å². The van der Waals surface area contributed by atoms with Crippen molar-refractivity contribution in [3.8, 4) is 5.88 Å². The molecular formula is C17H28N2O. The molecule has 1 saturated carbocycles. The third kappa shape index (κ3) is 4.78. The molecule has 0 unspecified atom stereocenters. The molecule has 0 amide bonds. The molecule has 1 aromatic rings. The number of pyridine rings is 1. The van der Waals surface area contributed by atoms with Gasteiger partial charge in [-0.2, -0.15) is 0 Å². The van der Waals surface area contributed by atoms with E-state index in [1.807, 2.05) is 0 Å². The lowest BCUT2D eigenvalue weighted by atomic mass is 9.91. The average molecular weight is 276 g/mol. The maximum absolute atomic E-state index is 5.96. The first kappa shape index (κ1) is 15.3. The second kappa shape index (κ2) is 5.36. The molecule has 1 N–H and O–H groups in total. The van der Waals surface area contributed by atoms with Gasteiger partial charge in [0.05, 0.1) is 5.69 Å². The number of ether oxygens (including phenoxy) is 1. The van der Waals surface area contributed by atoms with E-state index in [1.54, 1.807) is 0 Å². The molecule has 0 atom stereocenters. The zero-order valence-corrected chi connectivity index (χ0v) is 13.7. The van der Waals surface area contributed by atoms with Gasteiger partial charge >= 0.3 is 0 Å². The fourth-order valence-corrected chi connectivity index (χ4v) is 1.96. The molecule has 0 aliphatic heterocycles. The Kier molecular flexibility index (Phi) is 4.10. The number of hydrogen-bond acceptors (Lipinski definition) is 3.